The number of hydrogen-bond acceptors (Lipinski definition) is 2. The zero-order valence-electron chi connectivity index (χ0n) is 9.22. The zero-order chi connectivity index (χ0) is 10.8. The highest BCUT2D eigenvalue weighted by Gasteiger charge is 2.20. The molecule has 0 N–H and O–H groups in total. The van der Waals surface area contributed by atoms with Gasteiger partial charge in [0.2, 0.25) is 0 Å². The molecule has 0 saturated heterocycles. The van der Waals surface area contributed by atoms with E-state index in [-0.39, 0.29) is 5.97 Å². The van der Waals surface area contributed by atoms with E-state index in [9.17, 15) is 4.79 Å². The van der Waals surface area contributed by atoms with Crippen molar-refractivity contribution in [3.63, 3.8) is 0 Å². The Labute approximate surface area is 95.9 Å². The molecule has 0 aliphatic rings. The van der Waals surface area contributed by atoms with E-state index < -0.39 is 13.6 Å². The topological polar surface area (TPSA) is 26.3 Å². The van der Waals surface area contributed by atoms with Crippen molar-refractivity contribution in [2.24, 2.45) is 0 Å². The molecule has 0 fully saturated rings. The fourth-order valence-corrected chi connectivity index (χ4v) is 2.03. The summed E-state index contributed by atoms with van der Waals surface area (Å²) in [6.45, 7) is 4.14. The molecule has 14 heavy (non-hydrogen) atoms. The maximum atomic E-state index is 11.2. The van der Waals surface area contributed by atoms with Gasteiger partial charge in [0, 0.05) is 6.42 Å². The summed E-state index contributed by atoms with van der Waals surface area (Å²) in [7, 11) is 5.82. The van der Waals surface area contributed by atoms with Crippen LogP contribution in [0.15, 0.2) is 0 Å². The van der Waals surface area contributed by atoms with Crippen LogP contribution in [0.25, 0.3) is 0 Å². The summed E-state index contributed by atoms with van der Waals surface area (Å²) in [5, 5.41) is 0.809. The summed E-state index contributed by atoms with van der Waals surface area (Å²) in [6, 6.07) is 0. The number of carbonyl (C=O) groups is 1. The SMILES string of the molecule is CCCCCCCC(=O)[O][Al]([Cl])[CH2]C. The molecule has 0 aromatic carbocycles. The molecule has 4 heteroatoms. The standard InChI is InChI=1S/C8H16O2.C2H5.Al.ClH/c1-2-3-4-5-6-7-8(9)10;1-2;;/h2-7H2,1H3,(H,9,10);1H2,2H3;;1H/q;;+2;/p-2. The summed E-state index contributed by atoms with van der Waals surface area (Å²) in [4.78, 5) is 11.2. The Morgan fingerprint density at radius 3 is 2.43 bits per heavy atom. The first-order valence-corrected chi connectivity index (χ1v) is 8.57. The molecule has 82 valence electrons. The van der Waals surface area contributed by atoms with E-state index >= 15 is 0 Å². The Morgan fingerprint density at radius 1 is 1.21 bits per heavy atom. The van der Waals surface area contributed by atoms with Gasteiger partial charge in [0.15, 0.2) is 0 Å². The van der Waals surface area contributed by atoms with Gasteiger partial charge in [-0.05, 0) is 11.7 Å². The molecule has 0 unspecified atom stereocenters. The van der Waals surface area contributed by atoms with Crippen molar-refractivity contribution in [2.75, 3.05) is 0 Å². The van der Waals surface area contributed by atoms with Crippen molar-refractivity contribution in [3.05, 3.63) is 0 Å². The van der Waals surface area contributed by atoms with E-state index in [1.54, 1.807) is 0 Å². The van der Waals surface area contributed by atoms with Crippen LogP contribution in [-0.4, -0.2) is 19.5 Å². The smallest absolute Gasteiger partial charge is 0.605 e. The van der Waals surface area contributed by atoms with Crippen LogP contribution in [0.3, 0.4) is 0 Å². The van der Waals surface area contributed by atoms with Crippen LogP contribution in [0.1, 0.15) is 52.4 Å². The Hall–Kier alpha value is 0.292. The molecule has 0 spiro atoms. The minimum Gasteiger partial charge on any atom is -0.605 e. The molecule has 0 amide bonds. The van der Waals surface area contributed by atoms with Gasteiger partial charge in [-0.3, -0.25) is 4.79 Å². The predicted molar refractivity (Wildman–Crippen MR) is 61.6 cm³/mol. The number of halogens is 1. The van der Waals surface area contributed by atoms with Crippen LogP contribution in [0, 0.1) is 0 Å². The van der Waals surface area contributed by atoms with Crippen molar-refractivity contribution in [1.29, 1.82) is 0 Å². The molecular formula is C10H20AlClO2. The summed E-state index contributed by atoms with van der Waals surface area (Å²) >= 11 is -1.68. The molecule has 0 aromatic heterocycles. The number of hydrogen-bond donors (Lipinski definition) is 0. The Balaban J connectivity index is 3.27. The number of rotatable bonds is 8. The third kappa shape index (κ3) is 8.87. The van der Waals surface area contributed by atoms with E-state index in [4.69, 9.17) is 13.8 Å². The van der Waals surface area contributed by atoms with Gasteiger partial charge in [0.1, 0.15) is 0 Å². The first kappa shape index (κ1) is 14.3. The first-order chi connectivity index (χ1) is 6.70. The number of carbonyl (C=O) groups excluding carboxylic acids is 1. The fourth-order valence-electron chi connectivity index (χ4n) is 1.16. The van der Waals surface area contributed by atoms with Crippen LogP contribution >= 0.6 is 10.0 Å². The highest BCUT2D eigenvalue weighted by molar-refractivity contribution is 7.03. The van der Waals surface area contributed by atoms with E-state index in [0.717, 1.165) is 18.1 Å². The lowest BCUT2D eigenvalue weighted by molar-refractivity contribution is -0.134. The lowest BCUT2D eigenvalue weighted by Gasteiger charge is -2.05. The number of unbranched alkanes of at least 4 members (excludes halogenated alkanes) is 4. The molecule has 0 aliphatic carbocycles. The van der Waals surface area contributed by atoms with Gasteiger partial charge >= 0.3 is 13.6 Å². The van der Waals surface area contributed by atoms with Crippen molar-refractivity contribution in [1.82, 2.24) is 0 Å². The molecule has 0 rings (SSSR count). The van der Waals surface area contributed by atoms with E-state index in [0.29, 0.717) is 6.42 Å². The van der Waals surface area contributed by atoms with Gasteiger partial charge < -0.3 is 3.79 Å². The molecule has 0 radical (unpaired) electrons. The molecular weight excluding hydrogens is 215 g/mol. The molecule has 0 heterocycles. The Bertz CT molecular complexity index is 153. The van der Waals surface area contributed by atoms with Crippen LogP contribution in [0.4, 0.5) is 0 Å². The van der Waals surface area contributed by atoms with Gasteiger partial charge in [-0.25, -0.2) is 10.0 Å². The highest BCUT2D eigenvalue weighted by atomic mass is 35.6. The minimum absolute atomic E-state index is 0.102. The van der Waals surface area contributed by atoms with Gasteiger partial charge in [0.25, 0.3) is 5.97 Å². The average molecular weight is 235 g/mol. The molecule has 0 atom stereocenters. The van der Waals surface area contributed by atoms with Gasteiger partial charge in [-0.1, -0.05) is 39.5 Å². The van der Waals surface area contributed by atoms with E-state index in [1.807, 2.05) is 6.92 Å². The molecule has 0 saturated carbocycles. The lowest BCUT2D eigenvalue weighted by Crippen LogP contribution is -2.15. The predicted octanol–water partition coefficient (Wildman–Crippen LogP) is 3.64. The second-order valence-electron chi connectivity index (χ2n) is 3.47. The van der Waals surface area contributed by atoms with Crippen molar-refractivity contribution >= 4 is 29.6 Å². The van der Waals surface area contributed by atoms with Crippen molar-refractivity contribution in [3.8, 4) is 0 Å². The third-order valence-corrected chi connectivity index (χ3v) is 4.42. The fraction of sp³-hybridized carbons (Fsp3) is 0.900. The third-order valence-electron chi connectivity index (χ3n) is 2.06. The largest absolute Gasteiger partial charge is 0.681 e. The highest BCUT2D eigenvalue weighted by Crippen LogP contribution is 2.07. The Kier molecular flexibility index (Phi) is 10.0. The molecule has 0 bridgehead atoms. The monoisotopic (exact) mass is 234 g/mol. The van der Waals surface area contributed by atoms with E-state index in [1.165, 1.54) is 19.3 Å². The van der Waals surface area contributed by atoms with Gasteiger partial charge in [-0.2, -0.15) is 0 Å². The normalized spacial score (nSPS) is 9.93. The second kappa shape index (κ2) is 9.83. The summed E-state index contributed by atoms with van der Waals surface area (Å²) in [6.07, 6.45) is 6.33. The van der Waals surface area contributed by atoms with Gasteiger partial charge in [-0.15, -0.1) is 0 Å². The first-order valence-electron chi connectivity index (χ1n) is 5.54. The summed E-state index contributed by atoms with van der Waals surface area (Å²) < 4.78 is 5.07. The molecule has 2 nitrogen and oxygen atoms in total. The average Bonchev–Trinajstić information content (AvgIpc) is 2.17. The summed E-state index contributed by atoms with van der Waals surface area (Å²) in [5.41, 5.74) is 0. The van der Waals surface area contributed by atoms with Gasteiger partial charge in [0.05, 0.1) is 0 Å². The van der Waals surface area contributed by atoms with Crippen LogP contribution in [0.2, 0.25) is 5.28 Å². The maximum absolute atomic E-state index is 11.2. The van der Waals surface area contributed by atoms with Crippen LogP contribution in [0.5, 0.6) is 0 Å². The van der Waals surface area contributed by atoms with Crippen LogP contribution < -0.4 is 0 Å². The minimum atomic E-state index is -1.68. The maximum Gasteiger partial charge on any atom is 0.681 e. The van der Waals surface area contributed by atoms with Crippen LogP contribution in [-0.2, 0) is 8.58 Å². The summed E-state index contributed by atoms with van der Waals surface area (Å²) in [5.74, 6) is -0.102. The van der Waals surface area contributed by atoms with Crippen molar-refractivity contribution in [2.45, 2.75) is 57.7 Å². The zero-order valence-corrected chi connectivity index (χ0v) is 11.1. The van der Waals surface area contributed by atoms with E-state index in [2.05, 4.69) is 6.92 Å². The van der Waals surface area contributed by atoms with Crippen molar-refractivity contribution < 1.29 is 8.58 Å². The quantitative estimate of drug-likeness (QED) is 0.474. The molecule has 0 aromatic rings. The lowest BCUT2D eigenvalue weighted by atomic mass is 10.1. The molecule has 0 aliphatic heterocycles. The second-order valence-corrected chi connectivity index (χ2v) is 6.81. The Morgan fingerprint density at radius 2 is 1.86 bits per heavy atom.